The van der Waals surface area contributed by atoms with Crippen molar-refractivity contribution < 1.29 is 4.74 Å². The third kappa shape index (κ3) is 4.95. The standard InChI is InChI=1S/C44H30O/c1-5-17-31(18-6-1)39-29-35-25-13-15-27-37(35)43(41(39)33-21-9-3-10-22-33)45-44-38-28-16-14-26-36(38)30-40(32-19-7-2-8-20-32)42(44)34-23-11-4-12-24-34/h1-30H. The second-order valence-corrected chi connectivity index (χ2v) is 11.3. The van der Waals surface area contributed by atoms with Crippen molar-refractivity contribution in [3.05, 3.63) is 182 Å². The number of fused-ring (bicyclic) bond motifs is 2. The van der Waals surface area contributed by atoms with Gasteiger partial charge in [0.25, 0.3) is 0 Å². The first kappa shape index (κ1) is 26.7. The van der Waals surface area contributed by atoms with Gasteiger partial charge in [-0.3, -0.25) is 0 Å². The van der Waals surface area contributed by atoms with Gasteiger partial charge in [0.05, 0.1) is 0 Å². The van der Waals surface area contributed by atoms with E-state index in [1.807, 2.05) is 0 Å². The fourth-order valence-corrected chi connectivity index (χ4v) is 6.42. The molecule has 0 spiro atoms. The van der Waals surface area contributed by atoms with Crippen LogP contribution in [0.1, 0.15) is 0 Å². The molecule has 0 N–H and O–H groups in total. The molecular weight excluding hydrogens is 544 g/mol. The molecule has 1 heteroatoms. The summed E-state index contributed by atoms with van der Waals surface area (Å²) in [4.78, 5) is 0. The minimum Gasteiger partial charge on any atom is -0.455 e. The van der Waals surface area contributed by atoms with Crippen LogP contribution in [-0.4, -0.2) is 0 Å². The van der Waals surface area contributed by atoms with Crippen LogP contribution in [0, 0.1) is 0 Å². The zero-order valence-corrected chi connectivity index (χ0v) is 24.7. The van der Waals surface area contributed by atoms with Crippen LogP contribution in [0.3, 0.4) is 0 Å². The second kappa shape index (κ2) is 11.6. The number of ether oxygens (including phenoxy) is 1. The van der Waals surface area contributed by atoms with Gasteiger partial charge < -0.3 is 4.74 Å². The van der Waals surface area contributed by atoms with E-state index in [2.05, 4.69) is 182 Å². The summed E-state index contributed by atoms with van der Waals surface area (Å²) in [6.45, 7) is 0. The normalized spacial score (nSPS) is 11.1. The largest absolute Gasteiger partial charge is 0.455 e. The second-order valence-electron chi connectivity index (χ2n) is 11.3. The predicted molar refractivity (Wildman–Crippen MR) is 190 cm³/mol. The smallest absolute Gasteiger partial charge is 0.143 e. The third-order valence-corrected chi connectivity index (χ3v) is 8.50. The molecule has 0 aliphatic heterocycles. The summed E-state index contributed by atoms with van der Waals surface area (Å²) in [7, 11) is 0. The van der Waals surface area contributed by atoms with Gasteiger partial charge in [0, 0.05) is 21.9 Å². The molecule has 0 unspecified atom stereocenters. The van der Waals surface area contributed by atoms with Gasteiger partial charge in [0.1, 0.15) is 11.5 Å². The summed E-state index contributed by atoms with van der Waals surface area (Å²) in [5, 5.41) is 4.42. The van der Waals surface area contributed by atoms with E-state index in [0.717, 1.165) is 77.6 Å². The Morgan fingerprint density at radius 2 is 0.600 bits per heavy atom. The Morgan fingerprint density at radius 1 is 0.289 bits per heavy atom. The highest BCUT2D eigenvalue weighted by molar-refractivity contribution is 6.06. The minimum atomic E-state index is 0.852. The van der Waals surface area contributed by atoms with E-state index in [-0.39, 0.29) is 0 Å². The van der Waals surface area contributed by atoms with E-state index in [4.69, 9.17) is 4.74 Å². The molecule has 0 atom stereocenters. The molecule has 0 amide bonds. The molecule has 0 radical (unpaired) electrons. The zero-order chi connectivity index (χ0) is 30.0. The van der Waals surface area contributed by atoms with E-state index in [9.17, 15) is 0 Å². The highest BCUT2D eigenvalue weighted by atomic mass is 16.5. The van der Waals surface area contributed by atoms with Gasteiger partial charge >= 0.3 is 0 Å². The lowest BCUT2D eigenvalue weighted by molar-refractivity contribution is 0.498. The van der Waals surface area contributed by atoms with Gasteiger partial charge in [-0.1, -0.05) is 170 Å². The molecule has 0 saturated heterocycles. The van der Waals surface area contributed by atoms with Crippen LogP contribution < -0.4 is 4.74 Å². The van der Waals surface area contributed by atoms with E-state index in [1.54, 1.807) is 0 Å². The summed E-state index contributed by atoms with van der Waals surface area (Å²) in [5.74, 6) is 1.70. The van der Waals surface area contributed by atoms with Crippen molar-refractivity contribution in [3.8, 4) is 56.0 Å². The van der Waals surface area contributed by atoms with Crippen LogP contribution in [0.4, 0.5) is 0 Å². The van der Waals surface area contributed by atoms with Crippen molar-refractivity contribution in [1.82, 2.24) is 0 Å². The maximum Gasteiger partial charge on any atom is 0.143 e. The lowest BCUT2D eigenvalue weighted by atomic mass is 9.89. The third-order valence-electron chi connectivity index (χ3n) is 8.50. The number of hydrogen-bond acceptors (Lipinski definition) is 1. The lowest BCUT2D eigenvalue weighted by Gasteiger charge is -2.23. The molecule has 8 rings (SSSR count). The molecule has 0 heterocycles. The Balaban J connectivity index is 1.51. The van der Waals surface area contributed by atoms with Crippen molar-refractivity contribution >= 4 is 21.5 Å². The SMILES string of the molecule is c1ccc(-c2cc3ccccc3c(Oc3c(-c4ccccc4)c(-c4ccccc4)cc4ccccc34)c2-c2ccccc2)cc1. The Morgan fingerprint density at radius 3 is 0.978 bits per heavy atom. The molecule has 0 bridgehead atoms. The van der Waals surface area contributed by atoms with Crippen molar-refractivity contribution in [2.75, 3.05) is 0 Å². The maximum absolute atomic E-state index is 7.50. The summed E-state index contributed by atoms with van der Waals surface area (Å²) < 4.78 is 7.50. The van der Waals surface area contributed by atoms with E-state index in [1.165, 1.54) is 0 Å². The van der Waals surface area contributed by atoms with Gasteiger partial charge in [-0.05, 0) is 56.3 Å². The lowest BCUT2D eigenvalue weighted by Crippen LogP contribution is -1.98. The monoisotopic (exact) mass is 574 g/mol. The summed E-state index contributed by atoms with van der Waals surface area (Å²) in [6, 6.07) is 64.3. The Kier molecular flexibility index (Phi) is 6.90. The fraction of sp³-hybridized carbons (Fsp3) is 0. The van der Waals surface area contributed by atoms with Crippen molar-refractivity contribution in [2.24, 2.45) is 0 Å². The van der Waals surface area contributed by atoms with Crippen LogP contribution >= 0.6 is 0 Å². The van der Waals surface area contributed by atoms with Crippen LogP contribution in [0.5, 0.6) is 11.5 Å². The molecule has 212 valence electrons. The first-order valence-corrected chi connectivity index (χ1v) is 15.4. The molecule has 8 aromatic rings. The molecule has 0 fully saturated rings. The van der Waals surface area contributed by atoms with E-state index < -0.39 is 0 Å². The van der Waals surface area contributed by atoms with Gasteiger partial charge in [0.15, 0.2) is 0 Å². The Bertz CT molecular complexity index is 2090. The Labute approximate surface area is 263 Å². The highest BCUT2D eigenvalue weighted by Gasteiger charge is 2.23. The molecule has 0 aliphatic rings. The average Bonchev–Trinajstić information content (AvgIpc) is 3.12. The maximum atomic E-state index is 7.50. The van der Waals surface area contributed by atoms with Crippen molar-refractivity contribution in [2.45, 2.75) is 0 Å². The van der Waals surface area contributed by atoms with Gasteiger partial charge in [-0.2, -0.15) is 0 Å². The molecule has 45 heavy (non-hydrogen) atoms. The Hall–Kier alpha value is -5.92. The first-order chi connectivity index (χ1) is 22.3. The molecule has 0 aromatic heterocycles. The van der Waals surface area contributed by atoms with E-state index >= 15 is 0 Å². The summed E-state index contributed by atoms with van der Waals surface area (Å²) >= 11 is 0. The zero-order valence-electron chi connectivity index (χ0n) is 24.7. The molecule has 0 saturated carbocycles. The predicted octanol–water partition coefficient (Wildman–Crippen LogP) is 12.5. The van der Waals surface area contributed by atoms with Gasteiger partial charge in [0.2, 0.25) is 0 Å². The number of benzene rings is 8. The minimum absolute atomic E-state index is 0.852. The van der Waals surface area contributed by atoms with Crippen LogP contribution in [0.15, 0.2) is 182 Å². The van der Waals surface area contributed by atoms with Crippen LogP contribution in [0.2, 0.25) is 0 Å². The summed E-state index contributed by atoms with van der Waals surface area (Å²) in [6.07, 6.45) is 0. The van der Waals surface area contributed by atoms with Gasteiger partial charge in [-0.25, -0.2) is 0 Å². The quantitative estimate of drug-likeness (QED) is 0.192. The average molecular weight is 575 g/mol. The fourth-order valence-electron chi connectivity index (χ4n) is 6.42. The van der Waals surface area contributed by atoms with Crippen LogP contribution in [0.25, 0.3) is 66.1 Å². The van der Waals surface area contributed by atoms with Gasteiger partial charge in [-0.15, -0.1) is 0 Å². The van der Waals surface area contributed by atoms with Crippen molar-refractivity contribution in [3.63, 3.8) is 0 Å². The number of hydrogen-bond donors (Lipinski definition) is 0. The van der Waals surface area contributed by atoms with Crippen LogP contribution in [-0.2, 0) is 0 Å². The summed E-state index contributed by atoms with van der Waals surface area (Å²) in [5.41, 5.74) is 8.96. The highest BCUT2D eigenvalue weighted by Crippen LogP contribution is 2.51. The molecule has 1 nitrogen and oxygen atoms in total. The molecule has 8 aromatic carbocycles. The molecular formula is C44H30O. The first-order valence-electron chi connectivity index (χ1n) is 15.4. The van der Waals surface area contributed by atoms with E-state index in [0.29, 0.717) is 0 Å². The topological polar surface area (TPSA) is 9.23 Å². The molecule has 0 aliphatic carbocycles. The number of rotatable bonds is 6. The van der Waals surface area contributed by atoms with Crippen molar-refractivity contribution in [1.29, 1.82) is 0 Å².